The highest BCUT2D eigenvalue weighted by Gasteiger charge is 2.05. The maximum absolute atomic E-state index is 5.64. The van der Waals surface area contributed by atoms with E-state index < -0.39 is 0 Å². The van der Waals surface area contributed by atoms with Gasteiger partial charge in [0.05, 0.1) is 0 Å². The number of aromatic nitrogens is 2. The highest BCUT2D eigenvalue weighted by Crippen LogP contribution is 2.22. The summed E-state index contributed by atoms with van der Waals surface area (Å²) in [6.45, 7) is 1.91. The molecule has 1 aromatic heterocycles. The van der Waals surface area contributed by atoms with Crippen molar-refractivity contribution in [3.8, 4) is 0 Å². The molecule has 0 unspecified atom stereocenters. The molecule has 0 fully saturated rings. The third-order valence-electron chi connectivity index (χ3n) is 1.22. The lowest BCUT2D eigenvalue weighted by atomic mass is 10.4. The number of anilines is 1. The maximum Gasteiger partial charge on any atom is 0.157 e. The summed E-state index contributed by atoms with van der Waals surface area (Å²) < 4.78 is 0. The predicted molar refractivity (Wildman–Crippen MR) is 45.8 cm³/mol. The van der Waals surface area contributed by atoms with Gasteiger partial charge in [-0.2, -0.15) is 0 Å². The van der Waals surface area contributed by atoms with E-state index in [4.69, 9.17) is 28.9 Å². The fourth-order valence-electron chi connectivity index (χ4n) is 0.615. The molecular weight excluding hydrogens is 185 g/mol. The van der Waals surface area contributed by atoms with E-state index in [0.29, 0.717) is 12.2 Å². The number of aryl methyl sites for hydroxylation is 1. The van der Waals surface area contributed by atoms with Crippen molar-refractivity contribution in [1.29, 1.82) is 0 Å². The first-order valence-corrected chi connectivity index (χ1v) is 3.88. The molecule has 0 saturated carbocycles. The molecule has 0 aliphatic heterocycles. The van der Waals surface area contributed by atoms with Crippen LogP contribution in [0.5, 0.6) is 0 Å². The van der Waals surface area contributed by atoms with Crippen LogP contribution in [0.4, 0.5) is 5.69 Å². The third kappa shape index (κ3) is 1.73. The van der Waals surface area contributed by atoms with Gasteiger partial charge in [-0.25, -0.2) is 9.97 Å². The Balaban J connectivity index is 3.21. The van der Waals surface area contributed by atoms with E-state index in [1.54, 1.807) is 0 Å². The zero-order valence-electron chi connectivity index (χ0n) is 5.93. The van der Waals surface area contributed by atoms with Gasteiger partial charge in [0.25, 0.3) is 0 Å². The summed E-state index contributed by atoms with van der Waals surface area (Å²) in [7, 11) is 0. The largest absolute Gasteiger partial charge is 0.394 e. The van der Waals surface area contributed by atoms with Crippen molar-refractivity contribution in [1.82, 2.24) is 9.97 Å². The van der Waals surface area contributed by atoms with Crippen molar-refractivity contribution < 1.29 is 0 Å². The van der Waals surface area contributed by atoms with Crippen molar-refractivity contribution in [2.45, 2.75) is 13.3 Å². The third-order valence-corrected chi connectivity index (χ3v) is 1.79. The lowest BCUT2D eigenvalue weighted by Gasteiger charge is -2.01. The molecule has 60 valence electrons. The smallest absolute Gasteiger partial charge is 0.157 e. The summed E-state index contributed by atoms with van der Waals surface area (Å²) in [4.78, 5) is 7.79. The number of rotatable bonds is 1. The average molecular weight is 192 g/mol. The molecule has 0 saturated heterocycles. The van der Waals surface area contributed by atoms with E-state index >= 15 is 0 Å². The second-order valence-electron chi connectivity index (χ2n) is 1.99. The van der Waals surface area contributed by atoms with Gasteiger partial charge in [-0.05, 0) is 0 Å². The van der Waals surface area contributed by atoms with Crippen LogP contribution >= 0.6 is 23.2 Å². The Hall–Kier alpha value is -0.540. The summed E-state index contributed by atoms with van der Waals surface area (Å²) in [5.74, 6) is 0.606. The summed E-state index contributed by atoms with van der Waals surface area (Å²) >= 11 is 11.3. The van der Waals surface area contributed by atoms with E-state index in [0.717, 1.165) is 0 Å². The van der Waals surface area contributed by atoms with Crippen LogP contribution in [0.1, 0.15) is 12.7 Å². The van der Waals surface area contributed by atoms with Crippen molar-refractivity contribution in [2.75, 3.05) is 5.73 Å². The van der Waals surface area contributed by atoms with Gasteiger partial charge >= 0.3 is 0 Å². The lowest BCUT2D eigenvalue weighted by molar-refractivity contribution is 0.942. The zero-order valence-corrected chi connectivity index (χ0v) is 7.45. The first kappa shape index (κ1) is 8.56. The molecule has 1 heterocycles. The van der Waals surface area contributed by atoms with Crippen LogP contribution in [0.3, 0.4) is 0 Å². The molecule has 0 aromatic carbocycles. The molecule has 1 aromatic rings. The van der Waals surface area contributed by atoms with Crippen molar-refractivity contribution in [3.05, 3.63) is 16.1 Å². The summed E-state index contributed by atoms with van der Waals surface area (Å²) in [6.07, 6.45) is 0.694. The first-order chi connectivity index (χ1) is 5.15. The Morgan fingerprint density at radius 2 is 1.73 bits per heavy atom. The maximum atomic E-state index is 5.64. The zero-order chi connectivity index (χ0) is 8.43. The van der Waals surface area contributed by atoms with Crippen LogP contribution < -0.4 is 5.73 Å². The number of hydrogen-bond acceptors (Lipinski definition) is 3. The Labute approximate surface area is 74.5 Å². The van der Waals surface area contributed by atoms with Gasteiger partial charge in [-0.15, -0.1) is 0 Å². The van der Waals surface area contributed by atoms with Gasteiger partial charge in [-0.1, -0.05) is 30.1 Å². The summed E-state index contributed by atoms with van der Waals surface area (Å²) in [6, 6.07) is 0. The minimum atomic E-state index is 0.224. The SMILES string of the molecule is CCc1nc(Cl)c(N)c(Cl)n1. The number of hydrogen-bond donors (Lipinski definition) is 1. The molecule has 0 atom stereocenters. The van der Waals surface area contributed by atoms with Crippen LogP contribution in [-0.2, 0) is 6.42 Å². The Morgan fingerprint density at radius 1 is 1.27 bits per heavy atom. The average Bonchev–Trinajstić information content (AvgIpc) is 1.99. The standard InChI is InChI=1S/C6H7Cl2N3/c1-2-3-10-5(7)4(9)6(8)11-3/h2,9H2,1H3. The second kappa shape index (κ2) is 3.24. The predicted octanol–water partition coefficient (Wildman–Crippen LogP) is 1.93. The van der Waals surface area contributed by atoms with Crippen molar-refractivity contribution >= 4 is 28.9 Å². The highest BCUT2D eigenvalue weighted by molar-refractivity contribution is 6.37. The number of nitrogens with zero attached hydrogens (tertiary/aromatic N) is 2. The normalized spacial score (nSPS) is 10.1. The molecule has 11 heavy (non-hydrogen) atoms. The van der Waals surface area contributed by atoms with E-state index in [1.807, 2.05) is 6.92 Å². The minimum absolute atomic E-state index is 0.224. The molecule has 0 amide bonds. The lowest BCUT2D eigenvalue weighted by Crippen LogP contribution is -1.98. The number of halogens is 2. The molecule has 0 aliphatic rings. The Bertz CT molecular complexity index is 252. The molecule has 0 aliphatic carbocycles. The van der Waals surface area contributed by atoms with Crippen molar-refractivity contribution in [3.63, 3.8) is 0 Å². The van der Waals surface area contributed by atoms with Gasteiger partial charge in [0.1, 0.15) is 11.5 Å². The minimum Gasteiger partial charge on any atom is -0.394 e. The molecule has 0 spiro atoms. The second-order valence-corrected chi connectivity index (χ2v) is 2.70. The molecule has 1 rings (SSSR count). The fraction of sp³-hybridized carbons (Fsp3) is 0.333. The molecule has 0 radical (unpaired) electrons. The number of nitrogens with two attached hydrogens (primary N) is 1. The van der Waals surface area contributed by atoms with Gasteiger partial charge in [0, 0.05) is 6.42 Å². The van der Waals surface area contributed by atoms with Crippen LogP contribution in [0.2, 0.25) is 10.3 Å². The van der Waals surface area contributed by atoms with E-state index in [2.05, 4.69) is 9.97 Å². The number of nitrogen functional groups attached to an aromatic ring is 1. The fourth-order valence-corrected chi connectivity index (χ4v) is 1.04. The highest BCUT2D eigenvalue weighted by atomic mass is 35.5. The monoisotopic (exact) mass is 191 g/mol. The molecule has 3 nitrogen and oxygen atoms in total. The molecular formula is C6H7Cl2N3. The van der Waals surface area contributed by atoms with Crippen LogP contribution in [0, 0.1) is 0 Å². The van der Waals surface area contributed by atoms with Gasteiger partial charge in [-0.3, -0.25) is 0 Å². The van der Waals surface area contributed by atoms with E-state index in [-0.39, 0.29) is 16.0 Å². The van der Waals surface area contributed by atoms with E-state index in [1.165, 1.54) is 0 Å². The van der Waals surface area contributed by atoms with Gasteiger partial charge in [0.15, 0.2) is 10.3 Å². The van der Waals surface area contributed by atoms with Crippen LogP contribution in [0.15, 0.2) is 0 Å². The Kier molecular flexibility index (Phi) is 2.52. The molecule has 0 bridgehead atoms. The van der Waals surface area contributed by atoms with Crippen LogP contribution in [-0.4, -0.2) is 9.97 Å². The first-order valence-electron chi connectivity index (χ1n) is 3.12. The van der Waals surface area contributed by atoms with E-state index in [9.17, 15) is 0 Å². The quantitative estimate of drug-likeness (QED) is 0.691. The van der Waals surface area contributed by atoms with Gasteiger partial charge < -0.3 is 5.73 Å². The summed E-state index contributed by atoms with van der Waals surface area (Å²) in [5.41, 5.74) is 5.66. The molecule has 5 heteroatoms. The Morgan fingerprint density at radius 3 is 2.09 bits per heavy atom. The molecule has 2 N–H and O–H groups in total. The topological polar surface area (TPSA) is 51.8 Å². The van der Waals surface area contributed by atoms with Gasteiger partial charge in [0.2, 0.25) is 0 Å². The summed E-state index contributed by atoms with van der Waals surface area (Å²) in [5, 5.41) is 0.448. The van der Waals surface area contributed by atoms with Crippen molar-refractivity contribution in [2.24, 2.45) is 0 Å². The van der Waals surface area contributed by atoms with Crippen LogP contribution in [0.25, 0.3) is 0 Å².